The highest BCUT2D eigenvalue weighted by atomic mass is 16.3. The Morgan fingerprint density at radius 1 is 1.28 bits per heavy atom. The Balaban J connectivity index is 2.03. The van der Waals surface area contributed by atoms with E-state index in [1.807, 2.05) is 48.3 Å². The normalized spacial score (nSPS) is 22.3. The number of benzene rings is 1. The third kappa shape index (κ3) is 1.52. The van der Waals surface area contributed by atoms with Crippen LogP contribution in [-0.2, 0) is 4.79 Å². The van der Waals surface area contributed by atoms with Gasteiger partial charge in [0.05, 0.1) is 11.8 Å². The van der Waals surface area contributed by atoms with Crippen LogP contribution in [0.3, 0.4) is 0 Å². The molecule has 1 atom stereocenters. The molecule has 0 aliphatic carbocycles. The lowest BCUT2D eigenvalue weighted by Crippen LogP contribution is -2.52. The molecule has 18 heavy (non-hydrogen) atoms. The number of fused-ring (bicyclic) bond motifs is 1. The fourth-order valence-electron chi connectivity index (χ4n) is 2.28. The van der Waals surface area contributed by atoms with Crippen molar-refractivity contribution in [1.29, 1.82) is 0 Å². The van der Waals surface area contributed by atoms with E-state index >= 15 is 0 Å². The number of carbonyl (C=O) groups excluding carboxylic acids is 1. The average Bonchev–Trinajstić information content (AvgIpc) is 2.66. The van der Waals surface area contributed by atoms with Crippen molar-refractivity contribution in [2.24, 2.45) is 0 Å². The number of amides is 1. The molecular weight excluding hydrogens is 230 g/mol. The van der Waals surface area contributed by atoms with Crippen LogP contribution in [0.5, 0.6) is 0 Å². The van der Waals surface area contributed by atoms with Gasteiger partial charge < -0.3 is 10.4 Å². The van der Waals surface area contributed by atoms with E-state index in [0.29, 0.717) is 0 Å². The summed E-state index contributed by atoms with van der Waals surface area (Å²) in [6.07, 6.45) is 2.75. The maximum absolute atomic E-state index is 11.3. The molecule has 1 unspecified atom stereocenters. The standard InChI is InChI=1S/C13H13N3O2/c1-9-7-11-14-12(17)8-13(18)16(11)15(9)10-5-3-2-4-6-10/h2-8,11,18H,1H3,(H,14,17). The summed E-state index contributed by atoms with van der Waals surface area (Å²) in [6, 6.07) is 9.69. The zero-order valence-corrected chi connectivity index (χ0v) is 9.87. The van der Waals surface area contributed by atoms with Gasteiger partial charge in [-0.3, -0.25) is 9.80 Å². The van der Waals surface area contributed by atoms with Gasteiger partial charge in [0.1, 0.15) is 6.17 Å². The Morgan fingerprint density at radius 3 is 2.72 bits per heavy atom. The molecule has 0 fully saturated rings. The molecule has 5 heteroatoms. The van der Waals surface area contributed by atoms with Crippen LogP contribution in [0, 0.1) is 0 Å². The number of hydrogen-bond donors (Lipinski definition) is 2. The van der Waals surface area contributed by atoms with Gasteiger partial charge in [-0.1, -0.05) is 18.2 Å². The number of aliphatic hydroxyl groups excluding tert-OH is 1. The number of aliphatic hydroxyl groups is 1. The van der Waals surface area contributed by atoms with Crippen LogP contribution in [0.25, 0.3) is 0 Å². The summed E-state index contributed by atoms with van der Waals surface area (Å²) < 4.78 is 0. The summed E-state index contributed by atoms with van der Waals surface area (Å²) in [6.45, 7) is 1.94. The number of nitrogens with one attached hydrogen (secondary N) is 1. The molecule has 0 aromatic heterocycles. The van der Waals surface area contributed by atoms with Crippen molar-refractivity contribution in [2.45, 2.75) is 13.1 Å². The quantitative estimate of drug-likeness (QED) is 0.784. The number of hydrogen-bond acceptors (Lipinski definition) is 4. The first-order chi connectivity index (χ1) is 8.66. The zero-order valence-electron chi connectivity index (χ0n) is 9.87. The number of para-hydroxylation sites is 1. The third-order valence-electron chi connectivity index (χ3n) is 3.00. The van der Waals surface area contributed by atoms with Crippen molar-refractivity contribution < 1.29 is 9.90 Å². The molecule has 1 amide bonds. The first kappa shape index (κ1) is 10.7. The van der Waals surface area contributed by atoms with Crippen LogP contribution in [0.4, 0.5) is 5.69 Å². The SMILES string of the molecule is CC1=CC2NC(=O)C=C(O)N2N1c1ccccc1. The maximum Gasteiger partial charge on any atom is 0.251 e. The number of rotatable bonds is 1. The molecule has 1 aromatic rings. The van der Waals surface area contributed by atoms with Crippen molar-refractivity contribution in [2.75, 3.05) is 5.01 Å². The minimum atomic E-state index is -0.331. The van der Waals surface area contributed by atoms with Crippen molar-refractivity contribution in [3.8, 4) is 0 Å². The topological polar surface area (TPSA) is 55.8 Å². The van der Waals surface area contributed by atoms with Gasteiger partial charge in [-0.2, -0.15) is 0 Å². The minimum absolute atomic E-state index is 0.0549. The largest absolute Gasteiger partial charge is 0.493 e. The Bertz CT molecular complexity index is 551. The molecule has 2 aliphatic rings. The maximum atomic E-state index is 11.3. The number of nitrogens with zero attached hydrogens (tertiary/aromatic N) is 2. The molecule has 1 aromatic carbocycles. The second-order valence-electron chi connectivity index (χ2n) is 4.26. The van der Waals surface area contributed by atoms with Gasteiger partial charge in [-0.05, 0) is 25.1 Å². The van der Waals surface area contributed by atoms with Crippen LogP contribution in [-0.4, -0.2) is 22.2 Å². The van der Waals surface area contributed by atoms with Gasteiger partial charge >= 0.3 is 0 Å². The first-order valence-corrected chi connectivity index (χ1v) is 5.71. The molecule has 2 aliphatic heterocycles. The van der Waals surface area contributed by atoms with Crippen LogP contribution >= 0.6 is 0 Å². The molecule has 2 N–H and O–H groups in total. The van der Waals surface area contributed by atoms with Crippen LogP contribution in [0.2, 0.25) is 0 Å². The number of carbonyl (C=O) groups is 1. The second-order valence-corrected chi connectivity index (χ2v) is 4.26. The molecule has 5 nitrogen and oxygen atoms in total. The molecule has 2 heterocycles. The number of allylic oxidation sites excluding steroid dienone is 1. The van der Waals surface area contributed by atoms with Gasteiger partial charge in [0.25, 0.3) is 5.91 Å². The van der Waals surface area contributed by atoms with Crippen molar-refractivity contribution in [1.82, 2.24) is 10.3 Å². The lowest BCUT2D eigenvalue weighted by molar-refractivity contribution is -0.119. The minimum Gasteiger partial charge on any atom is -0.493 e. The number of hydrazine groups is 1. The monoisotopic (exact) mass is 243 g/mol. The van der Waals surface area contributed by atoms with Gasteiger partial charge in [-0.15, -0.1) is 0 Å². The molecule has 3 rings (SSSR count). The van der Waals surface area contributed by atoms with Gasteiger partial charge in [0.2, 0.25) is 5.88 Å². The lowest BCUT2D eigenvalue weighted by atomic mass is 10.3. The molecule has 92 valence electrons. The smallest absolute Gasteiger partial charge is 0.251 e. The van der Waals surface area contributed by atoms with E-state index in [-0.39, 0.29) is 18.0 Å². The second kappa shape index (κ2) is 3.80. The predicted molar refractivity (Wildman–Crippen MR) is 67.2 cm³/mol. The predicted octanol–water partition coefficient (Wildman–Crippen LogP) is 1.48. The van der Waals surface area contributed by atoms with E-state index in [0.717, 1.165) is 11.4 Å². The van der Waals surface area contributed by atoms with E-state index in [9.17, 15) is 9.90 Å². The molecule has 0 spiro atoms. The Morgan fingerprint density at radius 2 is 2.00 bits per heavy atom. The highest BCUT2D eigenvalue weighted by molar-refractivity contribution is 5.89. The Labute approximate surface area is 105 Å². The van der Waals surface area contributed by atoms with E-state index in [4.69, 9.17) is 0 Å². The molecule has 0 bridgehead atoms. The summed E-state index contributed by atoms with van der Waals surface area (Å²) in [5, 5.41) is 16.2. The molecule has 0 radical (unpaired) electrons. The summed E-state index contributed by atoms with van der Waals surface area (Å²) >= 11 is 0. The highest BCUT2D eigenvalue weighted by Crippen LogP contribution is 2.31. The summed E-state index contributed by atoms with van der Waals surface area (Å²) in [5.74, 6) is -0.339. The molecular formula is C13H13N3O2. The fraction of sp³-hybridized carbons (Fsp3) is 0.154. The third-order valence-corrected chi connectivity index (χ3v) is 3.00. The van der Waals surface area contributed by atoms with Crippen LogP contribution in [0.1, 0.15) is 6.92 Å². The Kier molecular flexibility index (Phi) is 2.26. The zero-order chi connectivity index (χ0) is 12.7. The summed E-state index contributed by atoms with van der Waals surface area (Å²) in [7, 11) is 0. The van der Waals surface area contributed by atoms with E-state index in [1.165, 1.54) is 6.08 Å². The highest BCUT2D eigenvalue weighted by Gasteiger charge is 2.36. The van der Waals surface area contributed by atoms with Gasteiger partial charge in [0, 0.05) is 5.70 Å². The lowest BCUT2D eigenvalue weighted by Gasteiger charge is -2.37. The van der Waals surface area contributed by atoms with E-state index in [2.05, 4.69) is 5.32 Å². The van der Waals surface area contributed by atoms with E-state index < -0.39 is 0 Å². The van der Waals surface area contributed by atoms with Gasteiger partial charge in [-0.25, -0.2) is 5.01 Å². The van der Waals surface area contributed by atoms with Crippen molar-refractivity contribution in [3.05, 3.63) is 54.1 Å². The fourth-order valence-corrected chi connectivity index (χ4v) is 2.28. The molecule has 0 saturated heterocycles. The molecule has 0 saturated carbocycles. The number of anilines is 1. The Hall–Kier alpha value is -2.43. The van der Waals surface area contributed by atoms with Crippen molar-refractivity contribution >= 4 is 11.6 Å². The van der Waals surface area contributed by atoms with E-state index in [1.54, 1.807) is 5.01 Å². The van der Waals surface area contributed by atoms with Gasteiger partial charge in [0.15, 0.2) is 0 Å². The first-order valence-electron chi connectivity index (χ1n) is 5.71. The summed E-state index contributed by atoms with van der Waals surface area (Å²) in [4.78, 5) is 11.3. The van der Waals surface area contributed by atoms with Crippen LogP contribution < -0.4 is 10.3 Å². The average molecular weight is 243 g/mol. The summed E-state index contributed by atoms with van der Waals surface area (Å²) in [5.41, 5.74) is 1.89. The van der Waals surface area contributed by atoms with Crippen molar-refractivity contribution in [3.63, 3.8) is 0 Å². The van der Waals surface area contributed by atoms with Crippen LogP contribution in [0.15, 0.2) is 54.1 Å².